The second-order valence-electron chi connectivity index (χ2n) is 9.11. The Morgan fingerprint density at radius 2 is 1.97 bits per heavy atom. The Bertz CT molecular complexity index is 1320. The highest BCUT2D eigenvalue weighted by atomic mass is 16.2. The first-order valence-electron chi connectivity index (χ1n) is 11.8. The van der Waals surface area contributed by atoms with E-state index in [-0.39, 0.29) is 11.9 Å². The van der Waals surface area contributed by atoms with E-state index in [0.717, 1.165) is 34.9 Å². The van der Waals surface area contributed by atoms with Crippen LogP contribution in [0.15, 0.2) is 55.0 Å². The van der Waals surface area contributed by atoms with Gasteiger partial charge in [0.05, 0.1) is 35.2 Å². The first kappa shape index (κ1) is 22.0. The van der Waals surface area contributed by atoms with E-state index in [0.29, 0.717) is 36.2 Å². The summed E-state index contributed by atoms with van der Waals surface area (Å²) in [6.07, 6.45) is 7.17. The standard InChI is InChI=1S/C26H29N7O/c1-17-9-10-23(33-29-11-12-30-33)20(14-17)25(34)32-13-5-7-19(3)24(32)16-28-26-27-15-21-18(2)6-4-8-22(21)31-26/h4,6,8-12,14-15,19,24H,5,7,13,16H2,1-3H3,(H,27,28,31). The molecule has 8 nitrogen and oxygen atoms in total. The van der Waals surface area contributed by atoms with Gasteiger partial charge in [0, 0.05) is 24.7 Å². The van der Waals surface area contributed by atoms with Crippen molar-refractivity contribution in [1.82, 2.24) is 29.9 Å². The Kier molecular flexibility index (Phi) is 5.96. The van der Waals surface area contributed by atoms with Crippen molar-refractivity contribution >= 4 is 22.8 Å². The fourth-order valence-corrected chi connectivity index (χ4v) is 4.78. The van der Waals surface area contributed by atoms with E-state index in [9.17, 15) is 4.79 Å². The minimum atomic E-state index is 0.00408. The highest BCUT2D eigenvalue weighted by Gasteiger charge is 2.33. The highest BCUT2D eigenvalue weighted by Crippen LogP contribution is 2.27. The monoisotopic (exact) mass is 455 g/mol. The van der Waals surface area contributed by atoms with Crippen molar-refractivity contribution in [1.29, 1.82) is 0 Å². The molecule has 2 aromatic heterocycles. The van der Waals surface area contributed by atoms with Crippen LogP contribution in [0.4, 0.5) is 5.95 Å². The molecule has 3 heterocycles. The molecule has 0 aliphatic carbocycles. The van der Waals surface area contributed by atoms with Gasteiger partial charge in [-0.1, -0.05) is 30.7 Å². The fraction of sp³-hybridized carbons (Fsp3) is 0.346. The van der Waals surface area contributed by atoms with E-state index in [4.69, 9.17) is 0 Å². The zero-order chi connectivity index (χ0) is 23.7. The molecule has 2 atom stereocenters. The van der Waals surface area contributed by atoms with Crippen LogP contribution in [0.5, 0.6) is 0 Å². The van der Waals surface area contributed by atoms with Crippen LogP contribution in [0.1, 0.15) is 41.3 Å². The molecule has 1 saturated heterocycles. The molecule has 0 bridgehead atoms. The van der Waals surface area contributed by atoms with Crippen LogP contribution in [0.25, 0.3) is 16.6 Å². The number of nitrogens with one attached hydrogen (secondary N) is 1. The van der Waals surface area contributed by atoms with E-state index in [1.54, 1.807) is 12.4 Å². The maximum Gasteiger partial charge on any atom is 0.256 e. The summed E-state index contributed by atoms with van der Waals surface area (Å²) in [5.74, 6) is 0.939. The van der Waals surface area contributed by atoms with Gasteiger partial charge in [-0.25, -0.2) is 9.97 Å². The lowest BCUT2D eigenvalue weighted by Gasteiger charge is -2.40. The number of nitrogens with zero attached hydrogens (tertiary/aromatic N) is 6. The lowest BCUT2D eigenvalue weighted by atomic mass is 9.90. The summed E-state index contributed by atoms with van der Waals surface area (Å²) >= 11 is 0. The predicted octanol–water partition coefficient (Wildman–Crippen LogP) is 4.18. The fourth-order valence-electron chi connectivity index (χ4n) is 4.78. The maximum atomic E-state index is 13.8. The molecule has 2 aromatic carbocycles. The van der Waals surface area contributed by atoms with Gasteiger partial charge in [-0.2, -0.15) is 15.0 Å². The number of aromatic nitrogens is 5. The normalized spacial score (nSPS) is 18.3. The summed E-state index contributed by atoms with van der Waals surface area (Å²) in [5, 5.41) is 13.0. The average molecular weight is 456 g/mol. The molecule has 0 saturated carbocycles. The molecule has 1 N–H and O–H groups in total. The van der Waals surface area contributed by atoms with Crippen molar-refractivity contribution < 1.29 is 4.79 Å². The molecule has 8 heteroatoms. The molecule has 1 fully saturated rings. The van der Waals surface area contributed by atoms with E-state index in [1.807, 2.05) is 48.4 Å². The topological polar surface area (TPSA) is 88.8 Å². The molecule has 1 aliphatic heterocycles. The lowest BCUT2D eigenvalue weighted by molar-refractivity contribution is 0.0539. The summed E-state index contributed by atoms with van der Waals surface area (Å²) in [6, 6.07) is 11.9. The number of hydrogen-bond donors (Lipinski definition) is 1. The minimum absolute atomic E-state index is 0.00408. The number of anilines is 1. The molecule has 4 aromatic rings. The molecule has 0 radical (unpaired) electrons. The zero-order valence-electron chi connectivity index (χ0n) is 19.8. The number of rotatable bonds is 5. The summed E-state index contributed by atoms with van der Waals surface area (Å²) in [5.41, 5.74) is 4.41. The average Bonchev–Trinajstić information content (AvgIpc) is 3.37. The molecule has 34 heavy (non-hydrogen) atoms. The number of fused-ring (bicyclic) bond motifs is 1. The summed E-state index contributed by atoms with van der Waals surface area (Å²) in [7, 11) is 0. The van der Waals surface area contributed by atoms with Gasteiger partial charge in [-0.15, -0.1) is 0 Å². The van der Waals surface area contributed by atoms with Crippen LogP contribution in [0.3, 0.4) is 0 Å². The van der Waals surface area contributed by atoms with Crippen molar-refractivity contribution in [2.45, 2.75) is 39.7 Å². The van der Waals surface area contributed by atoms with Crippen LogP contribution < -0.4 is 5.32 Å². The van der Waals surface area contributed by atoms with Crippen LogP contribution in [-0.4, -0.2) is 54.9 Å². The van der Waals surface area contributed by atoms with E-state index >= 15 is 0 Å². The molecule has 174 valence electrons. The number of likely N-dealkylation sites (tertiary alicyclic amines) is 1. The summed E-state index contributed by atoms with van der Waals surface area (Å²) in [4.78, 5) is 26.6. The van der Waals surface area contributed by atoms with E-state index < -0.39 is 0 Å². The molecule has 2 unspecified atom stereocenters. The minimum Gasteiger partial charge on any atom is -0.352 e. The number of amides is 1. The molecular formula is C26H29N7O. The number of piperidine rings is 1. The number of aryl methyl sites for hydroxylation is 2. The van der Waals surface area contributed by atoms with Crippen molar-refractivity contribution in [2.24, 2.45) is 5.92 Å². The van der Waals surface area contributed by atoms with Crippen LogP contribution in [0.2, 0.25) is 0 Å². The third-order valence-electron chi connectivity index (χ3n) is 6.71. The Morgan fingerprint density at radius 3 is 2.79 bits per heavy atom. The van der Waals surface area contributed by atoms with Crippen LogP contribution >= 0.6 is 0 Å². The summed E-state index contributed by atoms with van der Waals surface area (Å²) in [6.45, 7) is 7.57. The van der Waals surface area contributed by atoms with Gasteiger partial charge in [0.1, 0.15) is 0 Å². The Labute approximate surface area is 199 Å². The van der Waals surface area contributed by atoms with Crippen molar-refractivity contribution in [3.8, 4) is 5.69 Å². The molecular weight excluding hydrogens is 426 g/mol. The number of carbonyl (C=O) groups excluding carboxylic acids is 1. The Morgan fingerprint density at radius 1 is 1.15 bits per heavy atom. The predicted molar refractivity (Wildman–Crippen MR) is 132 cm³/mol. The van der Waals surface area contributed by atoms with Crippen molar-refractivity contribution in [2.75, 3.05) is 18.4 Å². The lowest BCUT2D eigenvalue weighted by Crippen LogP contribution is -2.51. The second kappa shape index (κ2) is 9.21. The number of hydrogen-bond acceptors (Lipinski definition) is 6. The highest BCUT2D eigenvalue weighted by molar-refractivity contribution is 5.98. The van der Waals surface area contributed by atoms with Gasteiger partial charge in [-0.3, -0.25) is 4.79 Å². The van der Waals surface area contributed by atoms with Crippen molar-refractivity contribution in [3.63, 3.8) is 0 Å². The van der Waals surface area contributed by atoms with Crippen molar-refractivity contribution in [3.05, 3.63) is 71.7 Å². The number of carbonyl (C=O) groups is 1. The van der Waals surface area contributed by atoms with Gasteiger partial charge in [-0.05, 0) is 56.4 Å². The largest absolute Gasteiger partial charge is 0.352 e. The van der Waals surface area contributed by atoms with Crippen LogP contribution in [0, 0.1) is 19.8 Å². The third-order valence-corrected chi connectivity index (χ3v) is 6.71. The van der Waals surface area contributed by atoms with E-state index in [2.05, 4.69) is 45.4 Å². The molecule has 5 rings (SSSR count). The zero-order valence-corrected chi connectivity index (χ0v) is 19.8. The summed E-state index contributed by atoms with van der Waals surface area (Å²) < 4.78 is 0. The molecule has 1 aliphatic rings. The third kappa shape index (κ3) is 4.23. The van der Waals surface area contributed by atoms with Gasteiger partial charge >= 0.3 is 0 Å². The quantitative estimate of drug-likeness (QED) is 0.486. The Balaban J connectivity index is 1.41. The van der Waals surface area contributed by atoms with Crippen LogP contribution in [-0.2, 0) is 0 Å². The molecule has 1 amide bonds. The maximum absolute atomic E-state index is 13.8. The first-order valence-corrected chi connectivity index (χ1v) is 11.8. The number of benzene rings is 2. The van der Waals surface area contributed by atoms with Gasteiger partial charge < -0.3 is 10.2 Å². The Hall–Kier alpha value is -3.81. The van der Waals surface area contributed by atoms with E-state index in [1.165, 1.54) is 4.80 Å². The van der Waals surface area contributed by atoms with Gasteiger partial charge in [0.15, 0.2) is 0 Å². The smallest absolute Gasteiger partial charge is 0.256 e. The molecule has 0 spiro atoms. The van der Waals surface area contributed by atoms with Gasteiger partial charge in [0.25, 0.3) is 5.91 Å². The van der Waals surface area contributed by atoms with Gasteiger partial charge in [0.2, 0.25) is 5.95 Å². The second-order valence-corrected chi connectivity index (χ2v) is 9.11. The SMILES string of the molecule is Cc1ccc(-n2nccn2)c(C(=O)N2CCCC(C)C2CNc2ncc3c(C)cccc3n2)c1. The first-order chi connectivity index (χ1) is 16.5.